The van der Waals surface area contributed by atoms with Crippen molar-refractivity contribution in [1.29, 1.82) is 0 Å². The number of methoxy groups -OCH3 is 1. The summed E-state index contributed by atoms with van der Waals surface area (Å²) in [7, 11) is 1.66. The highest BCUT2D eigenvalue weighted by Gasteiger charge is 2.19. The molecule has 0 atom stereocenters. The number of ether oxygens (including phenoxy) is 1. The molecule has 1 aliphatic heterocycles. The Bertz CT molecular complexity index is 1170. The minimum Gasteiger partial charge on any atom is -0.497 e. The molecule has 2 aromatic carbocycles. The number of likely N-dealkylation sites (tertiary alicyclic amines) is 1. The molecular weight excluding hydrogens is 434 g/mol. The van der Waals surface area contributed by atoms with Gasteiger partial charge in [-0.2, -0.15) is 0 Å². The van der Waals surface area contributed by atoms with Gasteiger partial charge in [0.05, 0.1) is 25.9 Å². The molecule has 3 heterocycles. The third-order valence-corrected chi connectivity index (χ3v) is 6.78. The van der Waals surface area contributed by atoms with E-state index in [1.165, 1.54) is 18.4 Å². The van der Waals surface area contributed by atoms with Crippen LogP contribution in [0.1, 0.15) is 29.9 Å². The normalized spacial score (nSPS) is 14.1. The van der Waals surface area contributed by atoms with Gasteiger partial charge in [0.1, 0.15) is 17.8 Å². The van der Waals surface area contributed by atoms with Crippen LogP contribution >= 0.6 is 11.8 Å². The van der Waals surface area contributed by atoms with E-state index in [1.54, 1.807) is 25.1 Å². The van der Waals surface area contributed by atoms with Gasteiger partial charge in [-0.05, 0) is 55.8 Å². The highest BCUT2D eigenvalue weighted by atomic mass is 32.2. The quantitative estimate of drug-likeness (QED) is 0.329. The second kappa shape index (κ2) is 10.2. The fourth-order valence-corrected chi connectivity index (χ4v) is 4.82. The average molecular weight is 462 g/mol. The maximum Gasteiger partial charge on any atom is 0.226 e. The largest absolute Gasteiger partial charge is 0.497 e. The first-order chi connectivity index (χ1) is 16.3. The monoisotopic (exact) mass is 461 g/mol. The van der Waals surface area contributed by atoms with E-state index in [9.17, 15) is 0 Å². The van der Waals surface area contributed by atoms with Crippen molar-refractivity contribution in [3.63, 3.8) is 0 Å². The lowest BCUT2D eigenvalue weighted by Gasteiger charge is -2.16. The van der Waals surface area contributed by atoms with Gasteiger partial charge < -0.3 is 13.7 Å². The van der Waals surface area contributed by atoms with Crippen molar-refractivity contribution in [2.75, 3.05) is 20.2 Å². The summed E-state index contributed by atoms with van der Waals surface area (Å²) in [5.74, 6) is 3.09. The van der Waals surface area contributed by atoms with Crippen LogP contribution in [0, 0.1) is 0 Å². The maximum absolute atomic E-state index is 5.72. The summed E-state index contributed by atoms with van der Waals surface area (Å²) in [6.45, 7) is 3.86. The number of aromatic nitrogens is 4. The summed E-state index contributed by atoms with van der Waals surface area (Å²) in [4.78, 5) is 7.12. The first-order valence-electron chi connectivity index (χ1n) is 11.2. The Balaban J connectivity index is 1.31. The van der Waals surface area contributed by atoms with E-state index in [0.29, 0.717) is 11.6 Å². The first-order valence-corrected chi connectivity index (χ1v) is 12.2. The number of oxazole rings is 1. The van der Waals surface area contributed by atoms with E-state index < -0.39 is 0 Å². The molecule has 8 heteroatoms. The summed E-state index contributed by atoms with van der Waals surface area (Å²) in [5.41, 5.74) is 3.04. The van der Waals surface area contributed by atoms with Crippen LogP contribution in [-0.4, -0.2) is 44.8 Å². The third-order valence-electron chi connectivity index (χ3n) is 5.78. The molecule has 1 saturated heterocycles. The summed E-state index contributed by atoms with van der Waals surface area (Å²) in [6.07, 6.45) is 4.24. The fourth-order valence-electron chi connectivity index (χ4n) is 3.99. The predicted molar refractivity (Wildman–Crippen MR) is 128 cm³/mol. The molecule has 170 valence electrons. The van der Waals surface area contributed by atoms with Crippen LogP contribution in [0.3, 0.4) is 0 Å². The molecule has 33 heavy (non-hydrogen) atoms. The van der Waals surface area contributed by atoms with Gasteiger partial charge >= 0.3 is 0 Å². The van der Waals surface area contributed by atoms with Gasteiger partial charge in [0.2, 0.25) is 5.89 Å². The lowest BCUT2D eigenvalue weighted by molar-refractivity contribution is 0.316. The van der Waals surface area contributed by atoms with Crippen LogP contribution < -0.4 is 4.74 Å². The Hall–Kier alpha value is -3.10. The van der Waals surface area contributed by atoms with Crippen molar-refractivity contribution in [3.05, 3.63) is 77.9 Å². The lowest BCUT2D eigenvalue weighted by Crippen LogP contribution is -2.21. The van der Waals surface area contributed by atoms with Crippen molar-refractivity contribution in [2.24, 2.45) is 0 Å². The number of thioether (sulfide) groups is 1. The topological polar surface area (TPSA) is 69.2 Å². The van der Waals surface area contributed by atoms with Crippen LogP contribution in [0.2, 0.25) is 0 Å². The molecular formula is C25H27N5O2S. The van der Waals surface area contributed by atoms with Crippen LogP contribution in [0.5, 0.6) is 5.75 Å². The molecule has 0 unspecified atom stereocenters. The molecule has 0 amide bonds. The Labute approximate surface area is 197 Å². The molecule has 1 fully saturated rings. The highest BCUT2D eigenvalue weighted by molar-refractivity contribution is 7.98. The van der Waals surface area contributed by atoms with Crippen LogP contribution in [-0.2, 0) is 18.8 Å². The summed E-state index contributed by atoms with van der Waals surface area (Å²) >= 11 is 1.64. The van der Waals surface area contributed by atoms with Gasteiger partial charge in [0.15, 0.2) is 5.16 Å². The molecule has 5 rings (SSSR count). The number of benzene rings is 2. The van der Waals surface area contributed by atoms with Gasteiger partial charge in [-0.1, -0.05) is 42.1 Å². The summed E-state index contributed by atoms with van der Waals surface area (Å²) in [6, 6.07) is 18.2. The molecule has 0 radical (unpaired) electrons. The standard InChI is InChI=1S/C25H27N5O2S/c1-31-22-11-9-20(10-12-22)24-26-21(17-32-24)18-33-25-28-27-23(16-29-13-5-6-14-29)30(25)15-19-7-3-2-4-8-19/h2-4,7-12,17H,5-6,13-16,18H2,1H3. The number of rotatable bonds is 9. The molecule has 7 nitrogen and oxygen atoms in total. The zero-order valence-electron chi connectivity index (χ0n) is 18.7. The van der Waals surface area contributed by atoms with E-state index in [1.807, 2.05) is 30.3 Å². The van der Waals surface area contributed by atoms with Crippen molar-refractivity contribution in [1.82, 2.24) is 24.6 Å². The Kier molecular flexibility index (Phi) is 6.73. The van der Waals surface area contributed by atoms with Gasteiger partial charge in [0, 0.05) is 11.3 Å². The number of nitrogens with zero attached hydrogens (tertiary/aromatic N) is 5. The minimum atomic E-state index is 0.605. The second-order valence-corrected chi connectivity index (χ2v) is 9.06. The van der Waals surface area contributed by atoms with Crippen LogP contribution in [0.4, 0.5) is 0 Å². The number of hydrogen-bond acceptors (Lipinski definition) is 7. The smallest absolute Gasteiger partial charge is 0.226 e. The Morgan fingerprint density at radius 2 is 1.76 bits per heavy atom. The van der Waals surface area contributed by atoms with E-state index in [0.717, 1.165) is 54.2 Å². The lowest BCUT2D eigenvalue weighted by atomic mass is 10.2. The predicted octanol–water partition coefficient (Wildman–Crippen LogP) is 4.88. The molecule has 0 spiro atoms. The van der Waals surface area contributed by atoms with Crippen molar-refractivity contribution in [3.8, 4) is 17.2 Å². The van der Waals surface area contributed by atoms with Gasteiger partial charge in [-0.15, -0.1) is 10.2 Å². The Morgan fingerprint density at radius 1 is 0.970 bits per heavy atom. The Morgan fingerprint density at radius 3 is 2.52 bits per heavy atom. The molecule has 0 aliphatic carbocycles. The molecule has 4 aromatic rings. The first kappa shape index (κ1) is 21.7. The summed E-state index contributed by atoms with van der Waals surface area (Å²) < 4.78 is 13.2. The van der Waals surface area contributed by atoms with E-state index in [-0.39, 0.29) is 0 Å². The zero-order chi connectivity index (χ0) is 22.5. The molecule has 0 N–H and O–H groups in total. The van der Waals surface area contributed by atoms with E-state index >= 15 is 0 Å². The second-order valence-electron chi connectivity index (χ2n) is 8.11. The fraction of sp³-hybridized carbons (Fsp3) is 0.320. The number of hydrogen-bond donors (Lipinski definition) is 0. The van der Waals surface area contributed by atoms with Crippen molar-refractivity contribution in [2.45, 2.75) is 36.8 Å². The molecule has 2 aromatic heterocycles. The van der Waals surface area contributed by atoms with E-state index in [4.69, 9.17) is 9.15 Å². The van der Waals surface area contributed by atoms with Gasteiger partial charge in [-0.25, -0.2) is 4.98 Å². The molecule has 1 aliphatic rings. The minimum absolute atomic E-state index is 0.605. The average Bonchev–Trinajstić information content (AvgIpc) is 3.62. The summed E-state index contributed by atoms with van der Waals surface area (Å²) in [5, 5.41) is 9.99. The SMILES string of the molecule is COc1ccc(-c2nc(CSc3nnc(CN4CCCC4)n3Cc3ccccc3)co2)cc1. The van der Waals surface area contributed by atoms with E-state index in [2.05, 4.69) is 48.9 Å². The van der Waals surface area contributed by atoms with Crippen molar-refractivity contribution >= 4 is 11.8 Å². The van der Waals surface area contributed by atoms with Crippen LogP contribution in [0.15, 0.2) is 70.4 Å². The maximum atomic E-state index is 5.72. The third kappa shape index (κ3) is 5.29. The zero-order valence-corrected chi connectivity index (χ0v) is 19.5. The molecule has 0 bridgehead atoms. The van der Waals surface area contributed by atoms with Crippen LogP contribution in [0.25, 0.3) is 11.5 Å². The highest BCUT2D eigenvalue weighted by Crippen LogP contribution is 2.27. The van der Waals surface area contributed by atoms with Crippen molar-refractivity contribution < 1.29 is 9.15 Å². The molecule has 0 saturated carbocycles. The van der Waals surface area contributed by atoms with Gasteiger partial charge in [-0.3, -0.25) is 4.90 Å². The van der Waals surface area contributed by atoms with Gasteiger partial charge in [0.25, 0.3) is 0 Å².